The molecule has 42 heavy (non-hydrogen) atoms. The number of aryl methyl sites for hydroxylation is 1. The lowest BCUT2D eigenvalue weighted by Gasteiger charge is -2.13. The summed E-state index contributed by atoms with van der Waals surface area (Å²) in [5.74, 6) is -0.215. The monoisotopic (exact) mass is 534 g/mol. The van der Waals surface area contributed by atoms with Gasteiger partial charge in [0.05, 0.1) is 0 Å². The van der Waals surface area contributed by atoms with E-state index in [2.05, 4.69) is 104 Å². The highest BCUT2D eigenvalue weighted by Gasteiger charge is 2.21. The van der Waals surface area contributed by atoms with Crippen molar-refractivity contribution in [3.63, 3.8) is 0 Å². The second kappa shape index (κ2) is 7.72. The molecule has 10 rings (SSSR count). The molecule has 0 amide bonds. The summed E-state index contributed by atoms with van der Waals surface area (Å²) in [5.41, 5.74) is 3.51. The molecule has 0 nitrogen and oxygen atoms in total. The fourth-order valence-electron chi connectivity index (χ4n) is 7.89. The summed E-state index contributed by atoms with van der Waals surface area (Å²) < 4.78 is 14.1. The quantitative estimate of drug-likeness (QED) is 0.184. The van der Waals surface area contributed by atoms with Crippen LogP contribution in [-0.2, 0) is 0 Å². The molecule has 0 aliphatic rings. The molecular weight excluding hydrogens is 511 g/mol. The zero-order valence-electron chi connectivity index (χ0n) is 22.9. The van der Waals surface area contributed by atoms with Gasteiger partial charge in [0.15, 0.2) is 0 Å². The summed E-state index contributed by atoms with van der Waals surface area (Å²) in [6.07, 6.45) is 0. The van der Waals surface area contributed by atoms with Gasteiger partial charge in [-0.25, -0.2) is 4.39 Å². The Labute approximate surface area is 240 Å². The van der Waals surface area contributed by atoms with E-state index in [1.165, 1.54) is 97.3 Å². The van der Waals surface area contributed by atoms with Crippen LogP contribution in [0.5, 0.6) is 0 Å². The number of hydrogen-bond acceptors (Lipinski definition) is 0. The molecule has 0 aliphatic heterocycles. The van der Waals surface area contributed by atoms with Crippen molar-refractivity contribution in [1.29, 1.82) is 0 Å². The van der Waals surface area contributed by atoms with Crippen LogP contribution in [0.1, 0.15) is 5.56 Å². The largest absolute Gasteiger partial charge is 0.207 e. The molecule has 10 aromatic carbocycles. The van der Waals surface area contributed by atoms with Crippen LogP contribution in [0.3, 0.4) is 0 Å². The molecule has 0 radical (unpaired) electrons. The van der Waals surface area contributed by atoms with Crippen molar-refractivity contribution in [3.05, 3.63) is 133 Å². The summed E-state index contributed by atoms with van der Waals surface area (Å²) in [6, 6.07) is 43.3. The molecule has 0 unspecified atom stereocenters. The third-order valence-corrected chi connectivity index (χ3v) is 9.56. The highest BCUT2D eigenvalue weighted by atomic mass is 19.1. The second-order valence-corrected chi connectivity index (χ2v) is 11.9. The van der Waals surface area contributed by atoms with Gasteiger partial charge in [0.25, 0.3) is 0 Å². The summed E-state index contributed by atoms with van der Waals surface area (Å²) in [5, 5.41) is 20.5. The lowest BCUT2D eigenvalue weighted by Crippen LogP contribution is -1.86. The van der Waals surface area contributed by atoms with Gasteiger partial charge in [-0.05, 0) is 146 Å². The molecule has 0 saturated heterocycles. The van der Waals surface area contributed by atoms with Crippen LogP contribution < -0.4 is 0 Å². The molecule has 0 atom stereocenters. The molecule has 194 valence electrons. The molecule has 0 spiro atoms. The van der Waals surface area contributed by atoms with E-state index >= 15 is 0 Å². The summed E-state index contributed by atoms with van der Waals surface area (Å²) >= 11 is 0. The fraction of sp³-hybridized carbons (Fsp3) is 0.0244. The van der Waals surface area contributed by atoms with E-state index < -0.39 is 0 Å². The van der Waals surface area contributed by atoms with Crippen molar-refractivity contribution in [2.45, 2.75) is 6.92 Å². The van der Waals surface area contributed by atoms with Crippen molar-refractivity contribution in [1.82, 2.24) is 0 Å². The number of benzene rings is 8. The van der Waals surface area contributed by atoms with Gasteiger partial charge in [0, 0.05) is 0 Å². The zero-order valence-corrected chi connectivity index (χ0v) is 22.9. The predicted molar refractivity (Wildman–Crippen MR) is 179 cm³/mol. The van der Waals surface area contributed by atoms with E-state index in [1.54, 1.807) is 12.1 Å². The van der Waals surface area contributed by atoms with Gasteiger partial charge in [-0.3, -0.25) is 0 Å². The van der Waals surface area contributed by atoms with Crippen LogP contribution in [0.4, 0.5) is 4.39 Å². The summed E-state index contributed by atoms with van der Waals surface area (Å²) in [6.45, 7) is 2.19. The topological polar surface area (TPSA) is 0 Å². The maximum Gasteiger partial charge on any atom is 0.123 e. The van der Waals surface area contributed by atoms with E-state index in [9.17, 15) is 4.39 Å². The first-order valence-corrected chi connectivity index (χ1v) is 14.5. The molecule has 0 aromatic heterocycles. The van der Waals surface area contributed by atoms with Crippen LogP contribution in [0, 0.1) is 12.7 Å². The van der Waals surface area contributed by atoms with E-state index in [1.807, 2.05) is 12.1 Å². The van der Waals surface area contributed by atoms with E-state index in [0.29, 0.717) is 0 Å². The maximum atomic E-state index is 14.1. The normalized spacial score (nSPS) is 12.5. The smallest absolute Gasteiger partial charge is 0.123 e. The molecule has 10 aromatic rings. The molecule has 1 heteroatoms. The standard InChI is InChI=1S/C41H23F/c1-22-16-24-6-4-9-31-33-18-25-19-34-32-11-5-10-30-28-7-2-3-8-29(28)39(23-12-14-27(42)15-13-23)41(40(30)32)37(34)21-26(25)20-35(33)36(17-22)38(24)31/h2-21H,1H3. The Hall–Kier alpha value is -5.27. The average Bonchev–Trinajstić information content (AvgIpc) is 3.49. The first-order chi connectivity index (χ1) is 20.6. The van der Waals surface area contributed by atoms with Crippen molar-refractivity contribution in [2.24, 2.45) is 0 Å². The van der Waals surface area contributed by atoms with Gasteiger partial charge in [-0.1, -0.05) is 84.9 Å². The maximum absolute atomic E-state index is 14.1. The van der Waals surface area contributed by atoms with E-state index in [-0.39, 0.29) is 5.82 Å². The Morgan fingerprint density at radius 2 is 0.929 bits per heavy atom. The van der Waals surface area contributed by atoms with Gasteiger partial charge in [0.2, 0.25) is 0 Å². The molecule has 0 aliphatic carbocycles. The third-order valence-electron chi connectivity index (χ3n) is 9.56. The highest BCUT2D eigenvalue weighted by Crippen LogP contribution is 2.49. The second-order valence-electron chi connectivity index (χ2n) is 11.9. The Bertz CT molecular complexity index is 2730. The molecule has 0 bridgehead atoms. The predicted octanol–water partition coefficient (Wildman–Crippen LogP) is 11.9. The third kappa shape index (κ3) is 2.76. The first kappa shape index (κ1) is 22.4. The molecule has 0 saturated carbocycles. The number of fused-ring (bicyclic) bond motifs is 9. The van der Waals surface area contributed by atoms with Crippen molar-refractivity contribution in [2.75, 3.05) is 0 Å². The van der Waals surface area contributed by atoms with Gasteiger partial charge < -0.3 is 0 Å². The minimum absolute atomic E-state index is 0.215. The van der Waals surface area contributed by atoms with E-state index in [4.69, 9.17) is 0 Å². The van der Waals surface area contributed by atoms with Crippen molar-refractivity contribution in [3.8, 4) is 11.1 Å². The van der Waals surface area contributed by atoms with Crippen LogP contribution >= 0.6 is 0 Å². The van der Waals surface area contributed by atoms with E-state index in [0.717, 1.165) is 5.56 Å². The van der Waals surface area contributed by atoms with Crippen LogP contribution in [0.25, 0.3) is 97.3 Å². The van der Waals surface area contributed by atoms with Crippen LogP contribution in [-0.4, -0.2) is 0 Å². The number of halogens is 1. The Balaban J connectivity index is 1.43. The van der Waals surface area contributed by atoms with Crippen molar-refractivity contribution < 1.29 is 4.39 Å². The number of rotatable bonds is 1. The highest BCUT2D eigenvalue weighted by molar-refractivity contribution is 6.40. The minimum atomic E-state index is -0.215. The summed E-state index contributed by atoms with van der Waals surface area (Å²) in [4.78, 5) is 0. The van der Waals surface area contributed by atoms with Crippen LogP contribution in [0.15, 0.2) is 121 Å². The minimum Gasteiger partial charge on any atom is -0.207 e. The van der Waals surface area contributed by atoms with Crippen LogP contribution in [0.2, 0.25) is 0 Å². The van der Waals surface area contributed by atoms with Crippen molar-refractivity contribution >= 4 is 86.2 Å². The number of hydrogen-bond donors (Lipinski definition) is 0. The Kier molecular flexibility index (Phi) is 4.12. The molecule has 0 N–H and O–H groups in total. The zero-order chi connectivity index (χ0) is 27.7. The summed E-state index contributed by atoms with van der Waals surface area (Å²) in [7, 11) is 0. The average molecular weight is 535 g/mol. The first-order valence-electron chi connectivity index (χ1n) is 14.5. The van der Waals surface area contributed by atoms with Gasteiger partial charge >= 0.3 is 0 Å². The molecule has 0 fully saturated rings. The van der Waals surface area contributed by atoms with Gasteiger partial charge in [0.1, 0.15) is 5.82 Å². The SMILES string of the molecule is Cc1cc2cccc3c4cc5cc6c(cc5cc4c(c1)c23)c1c(-c2ccc(F)cc2)c2ccccc2c2cccc6c21. The lowest BCUT2D eigenvalue weighted by molar-refractivity contribution is 0.628. The Morgan fingerprint density at radius 1 is 0.381 bits per heavy atom. The molecule has 0 heterocycles. The van der Waals surface area contributed by atoms with Gasteiger partial charge in [-0.2, -0.15) is 0 Å². The lowest BCUT2D eigenvalue weighted by atomic mass is 9.90. The Morgan fingerprint density at radius 3 is 1.69 bits per heavy atom. The molecular formula is C41H23F. The van der Waals surface area contributed by atoms with Gasteiger partial charge in [-0.15, -0.1) is 0 Å². The fourth-order valence-corrected chi connectivity index (χ4v) is 7.89.